The van der Waals surface area contributed by atoms with Gasteiger partial charge in [0.25, 0.3) is 5.91 Å². The molecule has 0 saturated carbocycles. The Morgan fingerprint density at radius 2 is 1.67 bits per heavy atom. The monoisotopic (exact) mass is 550 g/mol. The molecule has 0 spiro atoms. The van der Waals surface area contributed by atoms with Gasteiger partial charge in [0.2, 0.25) is 11.7 Å². The van der Waals surface area contributed by atoms with E-state index in [0.717, 1.165) is 29.8 Å². The zero-order valence-electron chi connectivity index (χ0n) is 20.2. The van der Waals surface area contributed by atoms with E-state index in [4.69, 9.17) is 10.8 Å². The molecule has 6 nitrogen and oxygen atoms in total. The molecule has 1 heterocycles. The normalized spacial score (nSPS) is 11.9. The summed E-state index contributed by atoms with van der Waals surface area (Å²) < 4.78 is 43.6. The van der Waals surface area contributed by atoms with Crippen molar-refractivity contribution in [3.8, 4) is 34.9 Å². The van der Waals surface area contributed by atoms with Crippen LogP contribution in [-0.2, 0) is 16.7 Å². The molecule has 2 N–H and O–H groups in total. The van der Waals surface area contributed by atoms with Crippen molar-refractivity contribution in [3.05, 3.63) is 101 Å². The average Bonchev–Trinajstić information content (AvgIpc) is 3.30. The maximum atomic E-state index is 12.8. The minimum Gasteiger partial charge on any atom is -0.480 e. The second kappa shape index (κ2) is 11.9. The second-order valence-corrected chi connectivity index (χ2v) is 9.39. The number of carboxylic acid groups (broad SMARTS) is 1. The van der Waals surface area contributed by atoms with Crippen LogP contribution in [0.3, 0.4) is 0 Å². The Morgan fingerprint density at radius 3 is 2.18 bits per heavy atom. The molecule has 1 atom stereocenters. The number of carboxylic acids is 1. The summed E-state index contributed by atoms with van der Waals surface area (Å²) in [5.41, 5.74) is 2.85. The number of carbonyl (C=O) groups excluding carboxylic acids is 1. The number of amides is 1. The molecular weight excluding hydrogens is 529 g/mol. The first kappa shape index (κ1) is 27.5. The fraction of sp³-hybridized carbons (Fsp3) is 0.138. The highest BCUT2D eigenvalue weighted by atomic mass is 32.2. The standard InChI is InChI=1S/C23H17F3N2O4S.C6H4/c1-2-18-19(28-21(32-18)15-8-10-16(11-9-15)23(24,25)26)20(29)27-17(22(30)31)13-33-12-14-6-4-3-5-7-14;1-2-5-4-6(5)3-1/h1,3-11,17H,12-13H2,(H,27,29)(H,30,31);1-4H. The molecule has 5 rings (SSSR count). The van der Waals surface area contributed by atoms with Crippen molar-refractivity contribution in [3.63, 3.8) is 0 Å². The molecule has 198 valence electrons. The smallest absolute Gasteiger partial charge is 0.416 e. The molecule has 0 saturated heterocycles. The molecule has 1 amide bonds. The number of aromatic nitrogens is 1. The lowest BCUT2D eigenvalue weighted by molar-refractivity contribution is -0.139. The van der Waals surface area contributed by atoms with E-state index in [1.54, 1.807) is 0 Å². The SMILES string of the molecule is C#Cc1oc(-c2ccc(C(F)(F)F)cc2)nc1C(=O)NC(CSCc1ccccc1)C(=O)O.c1cc2cc-2c1. The van der Waals surface area contributed by atoms with E-state index < -0.39 is 29.7 Å². The number of benzene rings is 3. The molecule has 39 heavy (non-hydrogen) atoms. The average molecular weight is 551 g/mol. The van der Waals surface area contributed by atoms with Crippen molar-refractivity contribution in [2.24, 2.45) is 0 Å². The Balaban J connectivity index is 0.000000508. The van der Waals surface area contributed by atoms with Crippen LogP contribution in [0.1, 0.15) is 27.4 Å². The molecular formula is C29H21F3N2O4S. The number of carbonyl (C=O) groups is 2. The second-order valence-electron chi connectivity index (χ2n) is 8.36. The highest BCUT2D eigenvalue weighted by molar-refractivity contribution is 7.98. The molecule has 10 heteroatoms. The minimum atomic E-state index is -4.51. The molecule has 0 radical (unpaired) electrons. The summed E-state index contributed by atoms with van der Waals surface area (Å²) in [6.07, 6.45) is 0.858. The van der Waals surface area contributed by atoms with E-state index in [9.17, 15) is 27.9 Å². The Morgan fingerprint density at radius 1 is 1.00 bits per heavy atom. The molecule has 0 bridgehead atoms. The van der Waals surface area contributed by atoms with Gasteiger partial charge in [-0.2, -0.15) is 24.9 Å². The molecule has 1 unspecified atom stereocenters. The van der Waals surface area contributed by atoms with Gasteiger partial charge in [-0.15, -0.1) is 6.42 Å². The van der Waals surface area contributed by atoms with Crippen LogP contribution in [-0.4, -0.2) is 33.8 Å². The Kier molecular flexibility index (Phi) is 8.42. The van der Waals surface area contributed by atoms with Crippen LogP contribution < -0.4 is 5.32 Å². The first-order chi connectivity index (χ1) is 18.7. The number of nitrogens with one attached hydrogen (secondary N) is 1. The molecule has 0 fully saturated rings. The van der Waals surface area contributed by atoms with Crippen molar-refractivity contribution in [2.75, 3.05) is 5.75 Å². The van der Waals surface area contributed by atoms with Crippen molar-refractivity contribution in [1.29, 1.82) is 0 Å². The number of nitrogens with zero attached hydrogens (tertiary/aromatic N) is 1. The third-order valence-electron chi connectivity index (χ3n) is 5.54. The van der Waals surface area contributed by atoms with E-state index in [0.29, 0.717) is 5.75 Å². The van der Waals surface area contributed by atoms with Gasteiger partial charge >= 0.3 is 12.1 Å². The van der Waals surface area contributed by atoms with E-state index >= 15 is 0 Å². The van der Waals surface area contributed by atoms with Gasteiger partial charge in [-0.25, -0.2) is 9.78 Å². The molecule has 2 aliphatic rings. The van der Waals surface area contributed by atoms with Crippen LogP contribution in [0.2, 0.25) is 0 Å². The van der Waals surface area contributed by atoms with Gasteiger partial charge in [-0.05, 0) is 52.9 Å². The van der Waals surface area contributed by atoms with Gasteiger partial charge in [0.1, 0.15) is 6.04 Å². The van der Waals surface area contributed by atoms with Crippen LogP contribution in [0.25, 0.3) is 22.6 Å². The summed E-state index contributed by atoms with van der Waals surface area (Å²) in [6.45, 7) is 0. The predicted octanol–water partition coefficient (Wildman–Crippen LogP) is 6.13. The van der Waals surface area contributed by atoms with Gasteiger partial charge in [-0.3, -0.25) is 4.79 Å². The maximum Gasteiger partial charge on any atom is 0.416 e. The number of aliphatic carboxylic acids is 1. The third kappa shape index (κ3) is 7.30. The Labute approximate surface area is 226 Å². The largest absolute Gasteiger partial charge is 0.480 e. The number of rotatable bonds is 8. The van der Waals surface area contributed by atoms with Crippen molar-refractivity contribution >= 4 is 23.6 Å². The lowest BCUT2D eigenvalue weighted by Gasteiger charge is -2.13. The lowest BCUT2D eigenvalue weighted by Crippen LogP contribution is -2.43. The molecule has 2 aliphatic carbocycles. The molecule has 0 aliphatic heterocycles. The summed E-state index contributed by atoms with van der Waals surface area (Å²) in [5, 5.41) is 11.8. The fourth-order valence-electron chi connectivity index (χ4n) is 3.44. The van der Waals surface area contributed by atoms with Crippen LogP contribution >= 0.6 is 11.8 Å². The van der Waals surface area contributed by atoms with Crippen molar-refractivity contribution in [1.82, 2.24) is 10.3 Å². The zero-order valence-corrected chi connectivity index (χ0v) is 21.1. The summed E-state index contributed by atoms with van der Waals surface area (Å²) in [7, 11) is 0. The number of alkyl halides is 3. The Hall–Kier alpha value is -4.49. The van der Waals surface area contributed by atoms with Crippen molar-refractivity contribution in [2.45, 2.75) is 18.0 Å². The van der Waals surface area contributed by atoms with Crippen LogP contribution in [0.15, 0.2) is 83.3 Å². The van der Waals surface area contributed by atoms with E-state index in [2.05, 4.69) is 40.5 Å². The van der Waals surface area contributed by atoms with E-state index in [-0.39, 0.29) is 28.7 Å². The highest BCUT2D eigenvalue weighted by Crippen LogP contribution is 2.33. The number of hydrogen-bond acceptors (Lipinski definition) is 5. The number of thioether (sulfide) groups is 1. The maximum absolute atomic E-state index is 12.8. The van der Waals surface area contributed by atoms with E-state index in [1.807, 2.05) is 30.3 Å². The summed E-state index contributed by atoms with van der Waals surface area (Å²) in [5.74, 6) is 0.266. The topological polar surface area (TPSA) is 92.4 Å². The third-order valence-corrected chi connectivity index (χ3v) is 6.65. The van der Waals surface area contributed by atoms with Gasteiger partial charge in [0.15, 0.2) is 5.69 Å². The van der Waals surface area contributed by atoms with Crippen LogP contribution in [0.5, 0.6) is 0 Å². The van der Waals surface area contributed by atoms with Crippen LogP contribution in [0, 0.1) is 12.3 Å². The highest BCUT2D eigenvalue weighted by Gasteiger charge is 2.30. The minimum absolute atomic E-state index is 0.0883. The number of halogens is 3. The predicted molar refractivity (Wildman–Crippen MR) is 142 cm³/mol. The zero-order chi connectivity index (χ0) is 28.0. The Bertz CT molecular complexity index is 1490. The van der Waals surface area contributed by atoms with Gasteiger partial charge in [-0.1, -0.05) is 48.5 Å². The van der Waals surface area contributed by atoms with E-state index in [1.165, 1.54) is 22.9 Å². The number of fused-ring (bicyclic) bond motifs is 1. The number of terminal acetylenes is 1. The molecule has 1 aromatic heterocycles. The van der Waals surface area contributed by atoms with Crippen LogP contribution in [0.4, 0.5) is 13.2 Å². The molecule has 2 aromatic carbocycles. The number of oxazole rings is 1. The first-order valence-electron chi connectivity index (χ1n) is 11.6. The van der Waals surface area contributed by atoms with Gasteiger partial charge in [0.05, 0.1) is 5.56 Å². The quantitative estimate of drug-likeness (QED) is 0.226. The summed E-state index contributed by atoms with van der Waals surface area (Å²) >= 11 is 1.32. The summed E-state index contributed by atoms with van der Waals surface area (Å²) in [4.78, 5) is 28.2. The number of hydrogen-bond donors (Lipinski definition) is 2. The van der Waals surface area contributed by atoms with Gasteiger partial charge in [0, 0.05) is 17.1 Å². The van der Waals surface area contributed by atoms with Crippen molar-refractivity contribution < 1.29 is 32.3 Å². The first-order valence-corrected chi connectivity index (χ1v) is 12.7. The summed E-state index contributed by atoms with van der Waals surface area (Å²) in [6, 6.07) is 20.6. The molecule has 3 aromatic rings. The van der Waals surface area contributed by atoms with Gasteiger partial charge < -0.3 is 14.8 Å². The lowest BCUT2D eigenvalue weighted by atomic mass is 10.1. The fourth-order valence-corrected chi connectivity index (χ4v) is 4.45.